The van der Waals surface area contributed by atoms with Crippen LogP contribution in [0.15, 0.2) is 24.8 Å². The lowest BCUT2D eigenvalue weighted by atomic mass is 10.2. The highest BCUT2D eigenvalue weighted by atomic mass is 16.4. The van der Waals surface area contributed by atoms with Crippen LogP contribution in [0.1, 0.15) is 32.1 Å². The molecule has 3 aromatic rings. The Bertz CT molecular complexity index is 950. The van der Waals surface area contributed by atoms with Crippen molar-refractivity contribution in [1.82, 2.24) is 29.3 Å². The van der Waals surface area contributed by atoms with Gasteiger partial charge in [-0.1, -0.05) is 0 Å². The summed E-state index contributed by atoms with van der Waals surface area (Å²) < 4.78 is 4.62. The molecule has 0 aliphatic heterocycles. The Morgan fingerprint density at radius 3 is 2.60 bits per heavy atom. The van der Waals surface area contributed by atoms with Crippen molar-refractivity contribution in [2.45, 2.75) is 13.5 Å². The second kappa shape index (κ2) is 6.23. The van der Waals surface area contributed by atoms with Crippen LogP contribution in [0.4, 0.5) is 5.69 Å². The molecule has 3 aromatic heterocycles. The Kier molecular flexibility index (Phi) is 4.09. The number of anilines is 1. The molecule has 0 saturated heterocycles. The van der Waals surface area contributed by atoms with Crippen molar-refractivity contribution in [2.75, 3.05) is 5.32 Å². The van der Waals surface area contributed by atoms with Crippen LogP contribution in [-0.2, 0) is 20.6 Å². The Balaban J connectivity index is 1.75. The maximum absolute atomic E-state index is 12.4. The van der Waals surface area contributed by atoms with Crippen molar-refractivity contribution in [2.24, 2.45) is 14.1 Å². The van der Waals surface area contributed by atoms with Crippen molar-refractivity contribution in [3.63, 3.8) is 0 Å². The van der Waals surface area contributed by atoms with Gasteiger partial charge in [0.05, 0.1) is 30.3 Å². The van der Waals surface area contributed by atoms with Crippen LogP contribution in [0.2, 0.25) is 0 Å². The van der Waals surface area contributed by atoms with Gasteiger partial charge in [-0.05, 0) is 6.92 Å². The molecule has 130 valence electrons. The van der Waals surface area contributed by atoms with E-state index < -0.39 is 11.9 Å². The van der Waals surface area contributed by atoms with Gasteiger partial charge in [-0.15, -0.1) is 0 Å². The number of aromatic carboxylic acids is 1. The zero-order chi connectivity index (χ0) is 18.1. The summed E-state index contributed by atoms with van der Waals surface area (Å²) in [6.07, 6.45) is 6.22. The smallest absolute Gasteiger partial charge is 0.339 e. The lowest BCUT2D eigenvalue weighted by Crippen LogP contribution is -2.19. The van der Waals surface area contributed by atoms with Gasteiger partial charge in [0.2, 0.25) is 0 Å². The third kappa shape index (κ3) is 3.27. The predicted octanol–water partition coefficient (Wildman–Crippen LogP) is 0.657. The molecule has 10 nitrogen and oxygen atoms in total. The van der Waals surface area contributed by atoms with Gasteiger partial charge in [-0.2, -0.15) is 15.3 Å². The highest BCUT2D eigenvalue weighted by Gasteiger charge is 2.22. The van der Waals surface area contributed by atoms with Crippen molar-refractivity contribution in [1.29, 1.82) is 0 Å². The van der Waals surface area contributed by atoms with Crippen LogP contribution in [0.3, 0.4) is 0 Å². The van der Waals surface area contributed by atoms with Crippen molar-refractivity contribution in [3.05, 3.63) is 47.3 Å². The minimum Gasteiger partial charge on any atom is -0.478 e. The minimum atomic E-state index is -1.21. The van der Waals surface area contributed by atoms with E-state index in [1.165, 1.54) is 17.9 Å². The van der Waals surface area contributed by atoms with Crippen LogP contribution < -0.4 is 5.32 Å². The molecule has 0 aromatic carbocycles. The normalized spacial score (nSPS) is 10.8. The fourth-order valence-corrected chi connectivity index (χ4v) is 2.55. The molecule has 0 fully saturated rings. The lowest BCUT2D eigenvalue weighted by Gasteiger charge is -2.04. The van der Waals surface area contributed by atoms with E-state index in [-0.39, 0.29) is 11.3 Å². The zero-order valence-corrected chi connectivity index (χ0v) is 14.0. The summed E-state index contributed by atoms with van der Waals surface area (Å²) in [5.74, 6) is -1.77. The molecule has 0 atom stereocenters. The van der Waals surface area contributed by atoms with Crippen LogP contribution in [0, 0.1) is 6.92 Å². The number of carbonyl (C=O) groups is 2. The van der Waals surface area contributed by atoms with Gasteiger partial charge in [0, 0.05) is 32.1 Å². The van der Waals surface area contributed by atoms with Crippen LogP contribution in [0.5, 0.6) is 0 Å². The summed E-state index contributed by atoms with van der Waals surface area (Å²) in [5, 5.41) is 24.1. The third-order valence-electron chi connectivity index (χ3n) is 3.72. The van der Waals surface area contributed by atoms with E-state index in [0.29, 0.717) is 12.2 Å². The monoisotopic (exact) mass is 343 g/mol. The summed E-state index contributed by atoms with van der Waals surface area (Å²) in [4.78, 5) is 23.5. The highest BCUT2D eigenvalue weighted by molar-refractivity contribution is 6.09. The minimum absolute atomic E-state index is 0.0247. The van der Waals surface area contributed by atoms with E-state index in [1.807, 2.05) is 20.2 Å². The van der Waals surface area contributed by atoms with E-state index in [0.717, 1.165) is 17.5 Å². The summed E-state index contributed by atoms with van der Waals surface area (Å²) >= 11 is 0. The van der Waals surface area contributed by atoms with Crippen molar-refractivity contribution in [3.8, 4) is 0 Å². The Morgan fingerprint density at radius 1 is 1.20 bits per heavy atom. The van der Waals surface area contributed by atoms with E-state index in [2.05, 4.69) is 20.6 Å². The first-order valence-electron chi connectivity index (χ1n) is 7.43. The third-order valence-corrected chi connectivity index (χ3v) is 3.72. The Morgan fingerprint density at radius 2 is 1.96 bits per heavy atom. The quantitative estimate of drug-likeness (QED) is 0.702. The predicted molar refractivity (Wildman–Crippen MR) is 87.4 cm³/mol. The average molecular weight is 343 g/mol. The Hall–Kier alpha value is -3.43. The van der Waals surface area contributed by atoms with Gasteiger partial charge in [-0.25, -0.2) is 4.79 Å². The number of aromatic nitrogens is 6. The number of carboxylic acids is 1. The number of nitrogens with zero attached hydrogens (tertiary/aromatic N) is 6. The van der Waals surface area contributed by atoms with Gasteiger partial charge in [-0.3, -0.25) is 18.8 Å². The lowest BCUT2D eigenvalue weighted by molar-refractivity contribution is 0.0692. The number of amides is 1. The number of carboxylic acid groups (broad SMARTS) is 1. The summed E-state index contributed by atoms with van der Waals surface area (Å²) in [5.41, 5.74) is 2.21. The molecular weight excluding hydrogens is 326 g/mol. The standard InChI is InChI=1S/C15H17N7O3/c1-9-10(6-20(2)19-9)7-22-8-11(4-17-22)18-14(23)13-12(15(24)25)5-16-21(13)3/h4-6,8H,7H2,1-3H3,(H,18,23)(H,24,25). The fourth-order valence-electron chi connectivity index (χ4n) is 2.55. The molecule has 3 rings (SSSR count). The first-order chi connectivity index (χ1) is 11.8. The van der Waals surface area contributed by atoms with E-state index in [1.54, 1.807) is 15.6 Å². The molecule has 0 saturated carbocycles. The first kappa shape index (κ1) is 16.4. The number of aryl methyl sites for hydroxylation is 3. The summed E-state index contributed by atoms with van der Waals surface area (Å²) in [6.45, 7) is 2.43. The summed E-state index contributed by atoms with van der Waals surface area (Å²) in [6, 6.07) is 0. The Labute approximate surface area is 142 Å². The second-order valence-electron chi connectivity index (χ2n) is 5.63. The van der Waals surface area contributed by atoms with Gasteiger partial charge in [0.15, 0.2) is 0 Å². The number of carbonyl (C=O) groups excluding carboxylic acids is 1. The van der Waals surface area contributed by atoms with Crippen molar-refractivity contribution < 1.29 is 14.7 Å². The maximum Gasteiger partial charge on any atom is 0.339 e. The SMILES string of the molecule is Cc1nn(C)cc1Cn1cc(NC(=O)c2c(C(=O)O)cnn2C)cn1. The van der Waals surface area contributed by atoms with E-state index in [9.17, 15) is 9.59 Å². The molecule has 1 amide bonds. The molecule has 0 aliphatic rings. The topological polar surface area (TPSA) is 120 Å². The highest BCUT2D eigenvalue weighted by Crippen LogP contribution is 2.13. The zero-order valence-electron chi connectivity index (χ0n) is 14.0. The average Bonchev–Trinajstić information content (AvgIpc) is 3.20. The van der Waals surface area contributed by atoms with Gasteiger partial charge in [0.25, 0.3) is 5.91 Å². The van der Waals surface area contributed by atoms with Gasteiger partial charge < -0.3 is 10.4 Å². The van der Waals surface area contributed by atoms with E-state index >= 15 is 0 Å². The molecule has 0 unspecified atom stereocenters. The van der Waals surface area contributed by atoms with Crippen LogP contribution in [0.25, 0.3) is 0 Å². The molecule has 0 spiro atoms. The molecular formula is C15H17N7O3. The molecule has 2 N–H and O–H groups in total. The summed E-state index contributed by atoms with van der Waals surface area (Å²) in [7, 11) is 3.36. The number of hydrogen-bond donors (Lipinski definition) is 2. The van der Waals surface area contributed by atoms with Crippen LogP contribution >= 0.6 is 0 Å². The molecule has 0 aliphatic carbocycles. The molecule has 25 heavy (non-hydrogen) atoms. The molecule has 3 heterocycles. The van der Waals surface area contributed by atoms with E-state index in [4.69, 9.17) is 5.11 Å². The van der Waals surface area contributed by atoms with Crippen molar-refractivity contribution >= 4 is 17.6 Å². The largest absolute Gasteiger partial charge is 0.478 e. The molecule has 0 radical (unpaired) electrons. The number of rotatable bonds is 5. The fraction of sp³-hybridized carbons (Fsp3) is 0.267. The second-order valence-corrected chi connectivity index (χ2v) is 5.63. The number of hydrogen-bond acceptors (Lipinski definition) is 5. The first-order valence-corrected chi connectivity index (χ1v) is 7.43. The maximum atomic E-state index is 12.4. The van der Waals surface area contributed by atoms with Crippen LogP contribution in [-0.4, -0.2) is 46.3 Å². The number of nitrogens with one attached hydrogen (secondary N) is 1. The molecule has 0 bridgehead atoms. The molecule has 10 heteroatoms. The van der Waals surface area contributed by atoms with Gasteiger partial charge >= 0.3 is 5.97 Å². The van der Waals surface area contributed by atoms with Gasteiger partial charge in [0.1, 0.15) is 11.3 Å².